The molecule has 2 heterocycles. The largest absolute Gasteiger partial charge is 0.325 e. The van der Waals surface area contributed by atoms with Crippen LogP contribution in [0, 0.1) is 17.2 Å². The molecule has 4 rings (SSSR count). The molecule has 2 unspecified atom stereocenters. The Morgan fingerprint density at radius 3 is 2.81 bits per heavy atom. The van der Waals surface area contributed by atoms with Crippen molar-refractivity contribution in [1.29, 1.82) is 5.26 Å². The highest BCUT2D eigenvalue weighted by Gasteiger charge is 2.47. The average molecular weight is 451 g/mol. The molecule has 1 aromatic heterocycles. The van der Waals surface area contributed by atoms with E-state index in [1.807, 2.05) is 30.3 Å². The quantitative estimate of drug-likeness (QED) is 0.656. The zero-order valence-corrected chi connectivity index (χ0v) is 19.1. The minimum Gasteiger partial charge on any atom is -0.323 e. The molecular weight excluding hydrogens is 424 g/mol. The second kappa shape index (κ2) is 8.75. The van der Waals surface area contributed by atoms with Gasteiger partial charge >= 0.3 is 6.03 Å². The fourth-order valence-corrected chi connectivity index (χ4v) is 5.74. The van der Waals surface area contributed by atoms with E-state index in [2.05, 4.69) is 23.6 Å². The summed E-state index contributed by atoms with van der Waals surface area (Å²) in [5, 5.41) is 15.6. The Kier molecular flexibility index (Phi) is 6.02. The summed E-state index contributed by atoms with van der Waals surface area (Å²) in [4.78, 5) is 40.3. The maximum absolute atomic E-state index is 13.0. The molecule has 2 aliphatic rings. The molecule has 2 atom stereocenters. The van der Waals surface area contributed by atoms with Crippen LogP contribution in [-0.4, -0.2) is 34.8 Å². The van der Waals surface area contributed by atoms with Crippen molar-refractivity contribution in [3.05, 3.63) is 51.9 Å². The van der Waals surface area contributed by atoms with Crippen molar-refractivity contribution in [3.63, 3.8) is 0 Å². The van der Waals surface area contributed by atoms with Gasteiger partial charge in [0.2, 0.25) is 5.91 Å². The Balaban J connectivity index is 1.42. The number of amides is 4. The highest BCUT2D eigenvalue weighted by Crippen LogP contribution is 2.39. The standard InChI is InChI=1S/C24H26N4O3S/c1-15-8-9-17-18(13-25)21(32-19(17)12-15)26-20(29)14-28-22(30)24(2,27-23(28)31)11-10-16-6-4-3-5-7-16/h3-7,15H,8-12,14H2,1-2H3,(H,26,29)(H,27,31). The first-order valence-corrected chi connectivity index (χ1v) is 11.6. The fraction of sp³-hybridized carbons (Fsp3) is 0.417. The Morgan fingerprint density at radius 1 is 1.34 bits per heavy atom. The minimum atomic E-state index is -1.05. The van der Waals surface area contributed by atoms with Crippen LogP contribution in [0.5, 0.6) is 0 Å². The SMILES string of the molecule is CC1CCc2c(sc(NC(=O)CN3C(=O)NC(C)(CCc4ccccc4)C3=O)c2C#N)C1. The van der Waals surface area contributed by atoms with Crippen LogP contribution in [-0.2, 0) is 28.9 Å². The zero-order chi connectivity index (χ0) is 22.9. The number of anilines is 1. The van der Waals surface area contributed by atoms with E-state index < -0.39 is 23.4 Å². The number of fused-ring (bicyclic) bond motifs is 1. The fourth-order valence-electron chi connectivity index (χ4n) is 4.37. The second-order valence-electron chi connectivity index (χ2n) is 8.86. The van der Waals surface area contributed by atoms with Gasteiger partial charge in [-0.15, -0.1) is 11.3 Å². The van der Waals surface area contributed by atoms with Gasteiger partial charge in [-0.25, -0.2) is 4.79 Å². The van der Waals surface area contributed by atoms with Gasteiger partial charge in [-0.2, -0.15) is 5.26 Å². The van der Waals surface area contributed by atoms with E-state index in [-0.39, 0.29) is 6.54 Å². The Labute approximate surface area is 191 Å². The van der Waals surface area contributed by atoms with Crippen molar-refractivity contribution in [2.75, 3.05) is 11.9 Å². The maximum atomic E-state index is 13.0. The van der Waals surface area contributed by atoms with Crippen LogP contribution in [0.4, 0.5) is 9.80 Å². The summed E-state index contributed by atoms with van der Waals surface area (Å²) in [7, 11) is 0. The van der Waals surface area contributed by atoms with Gasteiger partial charge in [0.05, 0.1) is 5.56 Å². The lowest BCUT2D eigenvalue weighted by atomic mass is 9.89. The molecule has 2 aromatic rings. The van der Waals surface area contributed by atoms with Crippen LogP contribution in [0.15, 0.2) is 30.3 Å². The van der Waals surface area contributed by atoms with Crippen molar-refractivity contribution in [2.45, 2.75) is 51.5 Å². The molecule has 32 heavy (non-hydrogen) atoms. The second-order valence-corrected chi connectivity index (χ2v) is 9.96. The van der Waals surface area contributed by atoms with E-state index in [4.69, 9.17) is 0 Å². The van der Waals surface area contributed by atoms with E-state index in [0.29, 0.717) is 29.3 Å². The summed E-state index contributed by atoms with van der Waals surface area (Å²) < 4.78 is 0. The highest BCUT2D eigenvalue weighted by molar-refractivity contribution is 7.16. The molecule has 0 radical (unpaired) electrons. The zero-order valence-electron chi connectivity index (χ0n) is 18.2. The molecule has 1 aliphatic heterocycles. The lowest BCUT2D eigenvalue weighted by molar-refractivity contribution is -0.133. The molecule has 1 saturated heterocycles. The van der Waals surface area contributed by atoms with Crippen LogP contribution in [0.2, 0.25) is 0 Å². The van der Waals surface area contributed by atoms with E-state index in [9.17, 15) is 19.6 Å². The van der Waals surface area contributed by atoms with Gasteiger partial charge in [-0.05, 0) is 56.1 Å². The first kappa shape index (κ1) is 22.0. The number of hydrogen-bond donors (Lipinski definition) is 2. The molecule has 1 aromatic carbocycles. The Hall–Kier alpha value is -3.18. The Bertz CT molecular complexity index is 1100. The third-order valence-corrected chi connectivity index (χ3v) is 7.45. The third-order valence-electron chi connectivity index (χ3n) is 6.28. The van der Waals surface area contributed by atoms with Gasteiger partial charge in [-0.3, -0.25) is 14.5 Å². The highest BCUT2D eigenvalue weighted by atomic mass is 32.1. The molecule has 4 amide bonds. The monoisotopic (exact) mass is 450 g/mol. The van der Waals surface area contributed by atoms with Crippen molar-refractivity contribution in [2.24, 2.45) is 5.92 Å². The summed E-state index contributed by atoms with van der Waals surface area (Å²) in [6.45, 7) is 3.49. The number of carbonyl (C=O) groups is 3. The smallest absolute Gasteiger partial charge is 0.323 e. The molecule has 0 saturated carbocycles. The van der Waals surface area contributed by atoms with Crippen LogP contribution < -0.4 is 10.6 Å². The molecule has 1 fully saturated rings. The number of aryl methyl sites for hydroxylation is 1. The lowest BCUT2D eigenvalue weighted by Crippen LogP contribution is -2.45. The summed E-state index contributed by atoms with van der Waals surface area (Å²) in [6, 6.07) is 11.4. The van der Waals surface area contributed by atoms with Crippen LogP contribution in [0.25, 0.3) is 0 Å². The van der Waals surface area contributed by atoms with E-state index in [1.165, 1.54) is 11.3 Å². The first-order chi connectivity index (χ1) is 15.3. The van der Waals surface area contributed by atoms with Gasteiger partial charge in [0.25, 0.3) is 5.91 Å². The maximum Gasteiger partial charge on any atom is 0.325 e. The number of imide groups is 1. The van der Waals surface area contributed by atoms with E-state index in [0.717, 1.165) is 40.2 Å². The van der Waals surface area contributed by atoms with Crippen LogP contribution in [0.1, 0.15) is 48.3 Å². The normalized spacial score (nSPS) is 22.3. The van der Waals surface area contributed by atoms with Gasteiger partial charge in [-0.1, -0.05) is 37.3 Å². The Morgan fingerprint density at radius 2 is 2.09 bits per heavy atom. The minimum absolute atomic E-state index is 0.380. The number of hydrogen-bond acceptors (Lipinski definition) is 5. The van der Waals surface area contributed by atoms with Crippen molar-refractivity contribution >= 4 is 34.2 Å². The molecule has 2 N–H and O–H groups in total. The van der Waals surface area contributed by atoms with Crippen molar-refractivity contribution < 1.29 is 14.4 Å². The van der Waals surface area contributed by atoms with Gasteiger partial charge < -0.3 is 10.6 Å². The number of carbonyl (C=O) groups excluding carboxylic acids is 3. The number of rotatable bonds is 6. The predicted octanol–water partition coefficient (Wildman–Crippen LogP) is 3.63. The average Bonchev–Trinajstić information content (AvgIpc) is 3.21. The lowest BCUT2D eigenvalue weighted by Gasteiger charge is -2.21. The number of benzene rings is 1. The summed E-state index contributed by atoms with van der Waals surface area (Å²) in [5.41, 5.74) is 1.56. The first-order valence-electron chi connectivity index (χ1n) is 10.8. The van der Waals surface area contributed by atoms with Crippen LogP contribution >= 0.6 is 11.3 Å². The number of nitrogens with one attached hydrogen (secondary N) is 2. The van der Waals surface area contributed by atoms with E-state index in [1.54, 1.807) is 6.92 Å². The van der Waals surface area contributed by atoms with Crippen molar-refractivity contribution in [1.82, 2.24) is 10.2 Å². The predicted molar refractivity (Wildman–Crippen MR) is 122 cm³/mol. The van der Waals surface area contributed by atoms with E-state index >= 15 is 0 Å². The third kappa shape index (κ3) is 4.26. The summed E-state index contributed by atoms with van der Waals surface area (Å²) in [6.07, 6.45) is 3.83. The molecule has 1 aliphatic carbocycles. The topological polar surface area (TPSA) is 102 Å². The number of nitrogens with zero attached hydrogens (tertiary/aromatic N) is 2. The van der Waals surface area contributed by atoms with Crippen molar-refractivity contribution in [3.8, 4) is 6.07 Å². The van der Waals surface area contributed by atoms with Gasteiger partial charge in [0, 0.05) is 4.88 Å². The molecule has 8 heteroatoms. The molecular formula is C24H26N4O3S. The molecule has 0 bridgehead atoms. The van der Waals surface area contributed by atoms with Gasteiger partial charge in [0.1, 0.15) is 23.2 Å². The number of thiophene rings is 1. The summed E-state index contributed by atoms with van der Waals surface area (Å²) >= 11 is 1.43. The number of urea groups is 1. The molecule has 7 nitrogen and oxygen atoms in total. The van der Waals surface area contributed by atoms with Gasteiger partial charge in [0.15, 0.2) is 0 Å². The molecule has 0 spiro atoms. The number of nitriles is 1. The van der Waals surface area contributed by atoms with Crippen LogP contribution in [0.3, 0.4) is 0 Å². The molecule has 166 valence electrons. The summed E-state index contributed by atoms with van der Waals surface area (Å²) in [5.74, 6) is -0.340.